The van der Waals surface area contributed by atoms with E-state index in [1.165, 1.54) is 0 Å². The minimum absolute atomic E-state index is 0.139. The molecule has 0 aromatic rings. The van der Waals surface area contributed by atoms with Crippen molar-refractivity contribution in [1.82, 2.24) is 0 Å². The predicted molar refractivity (Wildman–Crippen MR) is 86.2 cm³/mol. The second kappa shape index (κ2) is 6.79. The van der Waals surface area contributed by atoms with Gasteiger partial charge in [-0.2, -0.15) is 0 Å². The van der Waals surface area contributed by atoms with Crippen LogP contribution in [-0.2, 0) is 14.3 Å². The van der Waals surface area contributed by atoms with Gasteiger partial charge in [0.2, 0.25) is 0 Å². The highest BCUT2D eigenvalue weighted by atomic mass is 32.2. The van der Waals surface area contributed by atoms with E-state index in [-0.39, 0.29) is 12.0 Å². The van der Waals surface area contributed by atoms with Gasteiger partial charge in [0, 0.05) is 5.41 Å². The summed E-state index contributed by atoms with van der Waals surface area (Å²) < 4.78 is 25.0. The van der Waals surface area contributed by atoms with Crippen LogP contribution in [0.25, 0.3) is 0 Å². The van der Waals surface area contributed by atoms with Crippen molar-refractivity contribution in [3.8, 4) is 0 Å². The van der Waals surface area contributed by atoms with Gasteiger partial charge < -0.3 is 14.6 Å². The molecule has 0 amide bonds. The molecule has 128 valence electrons. The Morgan fingerprint density at radius 2 is 1.77 bits per heavy atom. The van der Waals surface area contributed by atoms with Crippen LogP contribution in [0.5, 0.6) is 0 Å². The van der Waals surface area contributed by atoms with E-state index in [4.69, 9.17) is 9.47 Å². The summed E-state index contributed by atoms with van der Waals surface area (Å²) >= 11 is 1.02. The molecule has 0 saturated carbocycles. The maximum Gasteiger partial charge on any atom is 0.311 e. The van der Waals surface area contributed by atoms with Crippen molar-refractivity contribution in [2.75, 3.05) is 6.61 Å². The van der Waals surface area contributed by atoms with Crippen molar-refractivity contribution in [2.45, 2.75) is 64.5 Å². The summed E-state index contributed by atoms with van der Waals surface area (Å²) in [4.78, 5) is 12.0. The number of hydrogen-bond acceptors (Lipinski definition) is 5. The number of alkyl halides is 1. The lowest BCUT2D eigenvalue weighted by atomic mass is 9.95. The first kappa shape index (κ1) is 19.3. The maximum absolute atomic E-state index is 14.1. The summed E-state index contributed by atoms with van der Waals surface area (Å²) in [5.41, 5.74) is -2.17. The van der Waals surface area contributed by atoms with Crippen molar-refractivity contribution in [3.63, 3.8) is 0 Å². The summed E-state index contributed by atoms with van der Waals surface area (Å²) in [6, 6.07) is 0. The molecule has 6 heteroatoms. The van der Waals surface area contributed by atoms with Crippen LogP contribution in [0.4, 0.5) is 4.39 Å². The minimum atomic E-state index is -1.62. The van der Waals surface area contributed by atoms with Gasteiger partial charge in [0.05, 0.1) is 16.4 Å². The fourth-order valence-corrected chi connectivity index (χ4v) is 2.84. The van der Waals surface area contributed by atoms with E-state index in [1.54, 1.807) is 20.8 Å². The van der Waals surface area contributed by atoms with E-state index < -0.39 is 34.3 Å². The standard InChI is InChI=1S/C16H27FO4S/c1-9(15(2,3)4)20-8-10-12(11(17)13(18)22-10)21-14(19)16(5,6)7/h10-13,18H,1,8H2,2-7H3/t10-,11+,12-,13?/m1/s1. The van der Waals surface area contributed by atoms with E-state index in [1.807, 2.05) is 20.8 Å². The summed E-state index contributed by atoms with van der Waals surface area (Å²) in [7, 11) is 0. The average molecular weight is 334 g/mol. The highest BCUT2D eigenvalue weighted by Gasteiger charge is 2.48. The molecule has 0 aromatic carbocycles. The Kier molecular flexibility index (Phi) is 5.95. The maximum atomic E-state index is 14.1. The summed E-state index contributed by atoms with van der Waals surface area (Å²) in [6.07, 6.45) is -2.63. The smallest absolute Gasteiger partial charge is 0.311 e. The zero-order valence-electron chi connectivity index (χ0n) is 14.2. The van der Waals surface area contributed by atoms with E-state index in [0.717, 1.165) is 11.8 Å². The molecule has 4 atom stereocenters. The molecule has 1 unspecified atom stereocenters. The van der Waals surface area contributed by atoms with Gasteiger partial charge in [-0.25, -0.2) is 4.39 Å². The molecule has 1 heterocycles. The summed E-state index contributed by atoms with van der Waals surface area (Å²) in [5, 5.41) is 9.24. The van der Waals surface area contributed by atoms with Crippen LogP contribution >= 0.6 is 11.8 Å². The van der Waals surface area contributed by atoms with Crippen molar-refractivity contribution in [1.29, 1.82) is 0 Å². The van der Waals surface area contributed by atoms with Gasteiger partial charge in [-0.05, 0) is 20.8 Å². The third-order valence-electron chi connectivity index (χ3n) is 3.38. The molecule has 0 aliphatic carbocycles. The fraction of sp³-hybridized carbons (Fsp3) is 0.812. The van der Waals surface area contributed by atoms with E-state index >= 15 is 0 Å². The Hall–Kier alpha value is -0.750. The lowest BCUT2D eigenvalue weighted by molar-refractivity contribution is -0.163. The summed E-state index contributed by atoms with van der Waals surface area (Å²) in [5.74, 6) is 0.0836. The number of halogens is 1. The zero-order chi connectivity index (χ0) is 17.3. The van der Waals surface area contributed by atoms with Crippen LogP contribution in [0, 0.1) is 10.8 Å². The molecular weight excluding hydrogens is 307 g/mol. The SMILES string of the molecule is C=C(OC[C@H]1SC(O)[C@@H](F)[C@@H]1OC(=O)C(C)(C)C)C(C)(C)C. The molecule has 1 rings (SSSR count). The Morgan fingerprint density at radius 1 is 1.23 bits per heavy atom. The molecule has 1 saturated heterocycles. The third kappa shape index (κ3) is 4.88. The molecule has 1 N–H and O–H groups in total. The molecule has 0 radical (unpaired) electrons. The number of carbonyl (C=O) groups is 1. The number of hydrogen-bond donors (Lipinski definition) is 1. The second-order valence-corrected chi connectivity index (χ2v) is 8.97. The van der Waals surface area contributed by atoms with Crippen LogP contribution in [0.1, 0.15) is 41.5 Å². The molecule has 1 fully saturated rings. The first-order chi connectivity index (χ1) is 9.84. The topological polar surface area (TPSA) is 55.8 Å². The number of carbonyl (C=O) groups excluding carboxylic acids is 1. The number of esters is 1. The first-order valence-corrected chi connectivity index (χ1v) is 8.29. The molecule has 1 aliphatic rings. The number of aliphatic hydroxyl groups excluding tert-OH is 1. The van der Waals surface area contributed by atoms with Gasteiger partial charge in [-0.3, -0.25) is 4.79 Å². The van der Waals surface area contributed by atoms with Crippen LogP contribution in [-0.4, -0.2) is 40.6 Å². The van der Waals surface area contributed by atoms with Crippen LogP contribution in [0.3, 0.4) is 0 Å². The Morgan fingerprint density at radius 3 is 2.23 bits per heavy atom. The average Bonchev–Trinajstić information content (AvgIpc) is 2.61. The van der Waals surface area contributed by atoms with Crippen LogP contribution < -0.4 is 0 Å². The largest absolute Gasteiger partial charge is 0.497 e. The second-order valence-electron chi connectivity index (χ2n) is 7.61. The van der Waals surface area contributed by atoms with Crippen molar-refractivity contribution in [3.05, 3.63) is 12.3 Å². The van der Waals surface area contributed by atoms with Crippen molar-refractivity contribution in [2.24, 2.45) is 10.8 Å². The number of allylic oxidation sites excluding steroid dienone is 1. The van der Waals surface area contributed by atoms with Gasteiger partial charge in [0.15, 0.2) is 12.3 Å². The highest BCUT2D eigenvalue weighted by molar-refractivity contribution is 8.00. The normalized spacial score (nSPS) is 29.3. The quantitative estimate of drug-likeness (QED) is 0.631. The van der Waals surface area contributed by atoms with Gasteiger partial charge in [0.25, 0.3) is 0 Å². The third-order valence-corrected chi connectivity index (χ3v) is 4.67. The number of rotatable bonds is 4. The fourth-order valence-electron chi connectivity index (χ4n) is 1.67. The van der Waals surface area contributed by atoms with Gasteiger partial charge in [0.1, 0.15) is 12.0 Å². The molecule has 0 spiro atoms. The number of thioether (sulfide) groups is 1. The minimum Gasteiger partial charge on any atom is -0.497 e. The molecular formula is C16H27FO4S. The van der Waals surface area contributed by atoms with E-state index in [9.17, 15) is 14.3 Å². The first-order valence-electron chi connectivity index (χ1n) is 7.35. The van der Waals surface area contributed by atoms with Gasteiger partial charge in [-0.1, -0.05) is 27.4 Å². The number of aliphatic hydroxyl groups is 1. The van der Waals surface area contributed by atoms with Gasteiger partial charge >= 0.3 is 5.97 Å². The molecule has 1 aliphatic heterocycles. The molecule has 0 bridgehead atoms. The highest BCUT2D eigenvalue weighted by Crippen LogP contribution is 2.38. The zero-order valence-corrected chi connectivity index (χ0v) is 15.0. The lowest BCUT2D eigenvalue weighted by Gasteiger charge is -2.27. The van der Waals surface area contributed by atoms with Crippen LogP contribution in [0.2, 0.25) is 0 Å². The lowest BCUT2D eigenvalue weighted by Crippen LogP contribution is -2.39. The van der Waals surface area contributed by atoms with Crippen LogP contribution in [0.15, 0.2) is 12.3 Å². The molecule has 22 heavy (non-hydrogen) atoms. The molecule has 4 nitrogen and oxygen atoms in total. The van der Waals surface area contributed by atoms with Gasteiger partial charge in [-0.15, -0.1) is 11.8 Å². The van der Waals surface area contributed by atoms with Crippen molar-refractivity contribution < 1.29 is 23.8 Å². The predicted octanol–water partition coefficient (Wildman–Crippen LogP) is 3.29. The molecule has 0 aromatic heterocycles. The van der Waals surface area contributed by atoms with E-state index in [0.29, 0.717) is 5.76 Å². The summed E-state index contributed by atoms with van der Waals surface area (Å²) in [6.45, 7) is 15.0. The monoisotopic (exact) mass is 334 g/mol. The van der Waals surface area contributed by atoms with Crippen molar-refractivity contribution >= 4 is 17.7 Å². The Labute approximate surface area is 136 Å². The Bertz CT molecular complexity index is 425. The number of ether oxygens (including phenoxy) is 2. The Balaban J connectivity index is 2.71. The van der Waals surface area contributed by atoms with E-state index in [2.05, 4.69) is 6.58 Å².